The van der Waals surface area contributed by atoms with Gasteiger partial charge in [-0.15, -0.1) is 0 Å². The Kier molecular flexibility index (Phi) is 7.41. The quantitative estimate of drug-likeness (QED) is 0.499. The summed E-state index contributed by atoms with van der Waals surface area (Å²) in [6.45, 7) is 8.71. The van der Waals surface area contributed by atoms with Gasteiger partial charge in [0.15, 0.2) is 0 Å². The van der Waals surface area contributed by atoms with Crippen molar-refractivity contribution >= 4 is 22.0 Å². The van der Waals surface area contributed by atoms with Gasteiger partial charge in [-0.2, -0.15) is 0 Å². The summed E-state index contributed by atoms with van der Waals surface area (Å²) in [6.07, 6.45) is 3.59. The fourth-order valence-electron chi connectivity index (χ4n) is 3.18. The van der Waals surface area contributed by atoms with Gasteiger partial charge in [0.05, 0.1) is 6.04 Å². The minimum atomic E-state index is -0.358. The number of ether oxygens (including phenoxy) is 3. The van der Waals surface area contributed by atoms with Crippen molar-refractivity contribution in [3.8, 4) is 17.2 Å². The number of amides is 1. The molecule has 1 atom stereocenters. The predicted molar refractivity (Wildman–Crippen MR) is 118 cm³/mol. The Labute approximate surface area is 184 Å². The van der Waals surface area contributed by atoms with Gasteiger partial charge in [-0.1, -0.05) is 37.4 Å². The number of halogens is 1. The van der Waals surface area contributed by atoms with E-state index < -0.39 is 0 Å². The van der Waals surface area contributed by atoms with Crippen molar-refractivity contribution in [1.82, 2.24) is 4.90 Å². The van der Waals surface area contributed by atoms with Gasteiger partial charge in [0.2, 0.25) is 0 Å². The Balaban J connectivity index is 1.82. The summed E-state index contributed by atoms with van der Waals surface area (Å²) < 4.78 is 17.5. The third kappa shape index (κ3) is 5.36. The van der Waals surface area contributed by atoms with Crippen LogP contribution in [0.3, 0.4) is 0 Å². The number of hydrogen-bond acceptors (Lipinski definition) is 5. The monoisotopic (exact) mass is 473 g/mol. The molecule has 158 valence electrons. The van der Waals surface area contributed by atoms with Crippen LogP contribution in [0, 0.1) is 0 Å². The van der Waals surface area contributed by atoms with E-state index in [0.717, 1.165) is 11.1 Å². The molecule has 1 aliphatic rings. The molecule has 1 aliphatic heterocycles. The van der Waals surface area contributed by atoms with Crippen molar-refractivity contribution < 1.29 is 24.1 Å². The van der Waals surface area contributed by atoms with Gasteiger partial charge in [-0.25, -0.2) is 4.79 Å². The van der Waals surface area contributed by atoms with Gasteiger partial charge < -0.3 is 19.3 Å². The lowest BCUT2D eigenvalue weighted by atomic mass is 10.0. The van der Waals surface area contributed by atoms with E-state index in [-0.39, 0.29) is 17.9 Å². The second-order valence-corrected chi connectivity index (χ2v) is 7.63. The maximum atomic E-state index is 12.4. The van der Waals surface area contributed by atoms with E-state index in [1.165, 1.54) is 0 Å². The molecule has 1 amide bonds. The van der Waals surface area contributed by atoms with Crippen LogP contribution in [0.4, 0.5) is 4.79 Å². The minimum Gasteiger partial charge on any atom is -0.508 e. The standard InChI is InChI=1S/C23H24BrNO5/c1-3-9-28-20-12-17(13-21(22(20)24)29-10-4-2)14-25-18(15-30-23(25)27)11-16-5-7-19(26)8-6-16/h3-8,12-13,18,26H,1-2,9-11,14-15H2/t18-/m0/s1. The topological polar surface area (TPSA) is 68.2 Å². The number of nitrogens with zero attached hydrogens (tertiary/aromatic N) is 1. The molecule has 1 saturated heterocycles. The zero-order chi connectivity index (χ0) is 21.5. The first-order chi connectivity index (χ1) is 14.5. The van der Waals surface area contributed by atoms with E-state index in [4.69, 9.17) is 14.2 Å². The molecule has 1 N–H and O–H groups in total. The molecule has 0 unspecified atom stereocenters. The number of carbonyl (C=O) groups excluding carboxylic acids is 1. The van der Waals surface area contributed by atoms with E-state index in [1.807, 2.05) is 24.3 Å². The van der Waals surface area contributed by atoms with E-state index in [0.29, 0.717) is 48.8 Å². The van der Waals surface area contributed by atoms with Crippen molar-refractivity contribution in [3.05, 3.63) is 77.3 Å². The van der Waals surface area contributed by atoms with Crippen LogP contribution in [0.1, 0.15) is 11.1 Å². The molecule has 0 radical (unpaired) electrons. The van der Waals surface area contributed by atoms with Crippen LogP contribution in [-0.2, 0) is 17.7 Å². The molecular formula is C23H24BrNO5. The second kappa shape index (κ2) is 10.2. The molecule has 1 fully saturated rings. The number of phenols is 1. The largest absolute Gasteiger partial charge is 0.508 e. The summed E-state index contributed by atoms with van der Waals surface area (Å²) in [5, 5.41) is 9.47. The molecule has 3 rings (SSSR count). The summed E-state index contributed by atoms with van der Waals surface area (Å²) in [7, 11) is 0. The van der Waals surface area contributed by atoms with Crippen molar-refractivity contribution in [1.29, 1.82) is 0 Å². The molecule has 0 aromatic heterocycles. The Hall–Kier alpha value is -2.93. The number of aromatic hydroxyl groups is 1. The average molecular weight is 474 g/mol. The first-order valence-electron chi connectivity index (χ1n) is 9.53. The number of hydrogen-bond donors (Lipinski definition) is 1. The van der Waals surface area contributed by atoms with Crippen LogP contribution in [0.25, 0.3) is 0 Å². The zero-order valence-electron chi connectivity index (χ0n) is 16.6. The first kappa shape index (κ1) is 21.8. The molecule has 0 bridgehead atoms. The fraction of sp³-hybridized carbons (Fsp3) is 0.261. The summed E-state index contributed by atoms with van der Waals surface area (Å²) >= 11 is 3.52. The smallest absolute Gasteiger partial charge is 0.410 e. The third-order valence-electron chi connectivity index (χ3n) is 4.61. The van der Waals surface area contributed by atoms with Crippen LogP contribution in [0.15, 0.2) is 66.2 Å². The summed E-state index contributed by atoms with van der Waals surface area (Å²) in [5.41, 5.74) is 1.87. The summed E-state index contributed by atoms with van der Waals surface area (Å²) in [5.74, 6) is 1.42. The number of benzene rings is 2. The van der Waals surface area contributed by atoms with Gasteiger partial charge in [-0.3, -0.25) is 4.90 Å². The van der Waals surface area contributed by atoms with Crippen LogP contribution < -0.4 is 9.47 Å². The molecular weight excluding hydrogens is 450 g/mol. The Morgan fingerprint density at radius 2 is 1.70 bits per heavy atom. The fourth-order valence-corrected chi connectivity index (χ4v) is 3.64. The normalized spacial score (nSPS) is 15.6. The number of carbonyl (C=O) groups is 1. The molecule has 0 spiro atoms. The Morgan fingerprint density at radius 1 is 1.10 bits per heavy atom. The van der Waals surface area contributed by atoms with E-state index in [9.17, 15) is 9.90 Å². The first-order valence-corrected chi connectivity index (χ1v) is 10.3. The second-order valence-electron chi connectivity index (χ2n) is 6.83. The highest BCUT2D eigenvalue weighted by Gasteiger charge is 2.33. The molecule has 30 heavy (non-hydrogen) atoms. The number of phenolic OH excluding ortho intramolecular Hbond substituents is 1. The molecule has 2 aromatic carbocycles. The lowest BCUT2D eigenvalue weighted by Gasteiger charge is -2.23. The highest BCUT2D eigenvalue weighted by atomic mass is 79.9. The van der Waals surface area contributed by atoms with Crippen LogP contribution in [0.5, 0.6) is 17.2 Å². The van der Waals surface area contributed by atoms with Gasteiger partial charge in [0, 0.05) is 6.54 Å². The van der Waals surface area contributed by atoms with Crippen molar-refractivity contribution in [3.63, 3.8) is 0 Å². The molecule has 2 aromatic rings. The van der Waals surface area contributed by atoms with Gasteiger partial charge in [0.25, 0.3) is 0 Å². The van der Waals surface area contributed by atoms with Gasteiger partial charge in [0.1, 0.15) is 41.5 Å². The molecule has 0 aliphatic carbocycles. The molecule has 6 nitrogen and oxygen atoms in total. The minimum absolute atomic E-state index is 0.110. The van der Waals surface area contributed by atoms with Crippen LogP contribution in [0.2, 0.25) is 0 Å². The highest BCUT2D eigenvalue weighted by Crippen LogP contribution is 2.37. The average Bonchev–Trinajstić information content (AvgIpc) is 3.08. The maximum absolute atomic E-state index is 12.4. The summed E-state index contributed by atoms with van der Waals surface area (Å²) in [6, 6.07) is 10.6. The highest BCUT2D eigenvalue weighted by molar-refractivity contribution is 9.10. The SMILES string of the molecule is C=CCOc1cc(CN2C(=O)OC[C@@H]2Cc2ccc(O)cc2)cc(OCC=C)c1Br. The molecule has 1 heterocycles. The molecule has 7 heteroatoms. The number of cyclic esters (lactones) is 1. The Bertz CT molecular complexity index is 879. The third-order valence-corrected chi connectivity index (χ3v) is 5.40. The lowest BCUT2D eigenvalue weighted by molar-refractivity contribution is 0.156. The van der Waals surface area contributed by atoms with Crippen molar-refractivity contribution in [2.45, 2.75) is 19.0 Å². The van der Waals surface area contributed by atoms with Gasteiger partial charge >= 0.3 is 6.09 Å². The lowest BCUT2D eigenvalue weighted by Crippen LogP contribution is -2.34. The number of rotatable bonds is 10. The van der Waals surface area contributed by atoms with Crippen molar-refractivity contribution in [2.75, 3.05) is 19.8 Å². The zero-order valence-corrected chi connectivity index (χ0v) is 18.1. The molecule has 0 saturated carbocycles. The predicted octanol–water partition coefficient (Wildman–Crippen LogP) is 4.85. The van der Waals surface area contributed by atoms with Crippen LogP contribution in [-0.4, -0.2) is 42.0 Å². The van der Waals surface area contributed by atoms with E-state index in [2.05, 4.69) is 29.1 Å². The van der Waals surface area contributed by atoms with Crippen LogP contribution >= 0.6 is 15.9 Å². The Morgan fingerprint density at radius 3 is 2.27 bits per heavy atom. The summed E-state index contributed by atoms with van der Waals surface area (Å²) in [4.78, 5) is 14.1. The van der Waals surface area contributed by atoms with E-state index in [1.54, 1.807) is 29.2 Å². The van der Waals surface area contributed by atoms with Crippen molar-refractivity contribution in [2.24, 2.45) is 0 Å². The van der Waals surface area contributed by atoms with E-state index >= 15 is 0 Å². The maximum Gasteiger partial charge on any atom is 0.410 e. The van der Waals surface area contributed by atoms with Gasteiger partial charge in [-0.05, 0) is 57.7 Å².